The highest BCUT2D eigenvalue weighted by molar-refractivity contribution is 5.49. The van der Waals surface area contributed by atoms with Crippen LogP contribution in [0.2, 0.25) is 0 Å². The maximum Gasteiger partial charge on any atom is 0.202 e. The van der Waals surface area contributed by atoms with E-state index in [1.165, 1.54) is 12.8 Å². The summed E-state index contributed by atoms with van der Waals surface area (Å²) in [6, 6.07) is 6.25. The van der Waals surface area contributed by atoms with Gasteiger partial charge in [0.05, 0.1) is 12.0 Å². The molecule has 0 aromatic carbocycles. The molecule has 1 aliphatic heterocycles. The van der Waals surface area contributed by atoms with Gasteiger partial charge in [0.2, 0.25) is 5.76 Å². The Morgan fingerprint density at radius 1 is 1.47 bits per heavy atom. The fraction of sp³-hybridized carbons (Fsp3) is 0.500. The molecule has 5 heteroatoms. The molecular formula is C14H19N3O2. The molecule has 2 aromatic rings. The first-order valence-electron chi connectivity index (χ1n) is 6.73. The van der Waals surface area contributed by atoms with Gasteiger partial charge in [-0.2, -0.15) is 0 Å². The van der Waals surface area contributed by atoms with Gasteiger partial charge in [-0.25, -0.2) is 0 Å². The van der Waals surface area contributed by atoms with Gasteiger partial charge in [0, 0.05) is 25.2 Å². The van der Waals surface area contributed by atoms with Crippen molar-refractivity contribution in [2.45, 2.75) is 25.4 Å². The van der Waals surface area contributed by atoms with Crippen molar-refractivity contribution in [1.29, 1.82) is 0 Å². The number of piperidine rings is 1. The van der Waals surface area contributed by atoms with Crippen molar-refractivity contribution < 1.29 is 8.94 Å². The number of aromatic nitrogens is 1. The Morgan fingerprint density at radius 2 is 2.42 bits per heavy atom. The first-order chi connectivity index (χ1) is 9.33. The van der Waals surface area contributed by atoms with Crippen molar-refractivity contribution in [2.24, 2.45) is 0 Å². The fourth-order valence-corrected chi connectivity index (χ4v) is 2.52. The number of nitrogens with one attached hydrogen (secondary N) is 1. The molecule has 0 amide bonds. The van der Waals surface area contributed by atoms with Gasteiger partial charge in [0.15, 0.2) is 5.76 Å². The Kier molecular flexibility index (Phi) is 3.66. The van der Waals surface area contributed by atoms with Crippen molar-refractivity contribution in [2.75, 3.05) is 20.1 Å². The number of likely N-dealkylation sites (N-methyl/N-ethyl adjacent to an activating group) is 1. The summed E-state index contributed by atoms with van der Waals surface area (Å²) >= 11 is 0. The monoisotopic (exact) mass is 261 g/mol. The van der Waals surface area contributed by atoms with Gasteiger partial charge in [-0.15, -0.1) is 0 Å². The van der Waals surface area contributed by atoms with Crippen molar-refractivity contribution in [1.82, 2.24) is 15.4 Å². The molecule has 1 unspecified atom stereocenters. The van der Waals surface area contributed by atoms with Crippen LogP contribution >= 0.6 is 0 Å². The molecule has 5 nitrogen and oxygen atoms in total. The summed E-state index contributed by atoms with van der Waals surface area (Å²) in [7, 11) is 2.14. The lowest BCUT2D eigenvalue weighted by Gasteiger charge is -2.30. The SMILES string of the molecule is CN(Cc1cc(-c2ccco2)on1)C1CCCNC1. The van der Waals surface area contributed by atoms with E-state index in [0.29, 0.717) is 11.8 Å². The van der Waals surface area contributed by atoms with Gasteiger partial charge < -0.3 is 14.3 Å². The standard InChI is InChI=1S/C14H19N3O2/c1-17(12-4-2-6-15-9-12)10-11-8-14(19-16-11)13-5-3-7-18-13/h3,5,7-8,12,15H,2,4,6,9-10H2,1H3. The highest BCUT2D eigenvalue weighted by Crippen LogP contribution is 2.21. The quantitative estimate of drug-likeness (QED) is 0.913. The molecule has 0 spiro atoms. The molecule has 0 radical (unpaired) electrons. The van der Waals surface area contributed by atoms with Crippen LogP contribution in [0.5, 0.6) is 0 Å². The third-order valence-corrected chi connectivity index (χ3v) is 3.63. The normalized spacial score (nSPS) is 20.0. The minimum atomic E-state index is 0.581. The largest absolute Gasteiger partial charge is 0.461 e. The number of nitrogens with zero attached hydrogens (tertiary/aromatic N) is 2. The summed E-state index contributed by atoms with van der Waals surface area (Å²) in [4.78, 5) is 2.33. The first-order valence-corrected chi connectivity index (χ1v) is 6.73. The van der Waals surface area contributed by atoms with Gasteiger partial charge in [-0.1, -0.05) is 5.16 Å². The Morgan fingerprint density at radius 3 is 3.16 bits per heavy atom. The van der Waals surface area contributed by atoms with E-state index in [4.69, 9.17) is 8.94 Å². The van der Waals surface area contributed by atoms with Crippen LogP contribution in [0.15, 0.2) is 33.4 Å². The summed E-state index contributed by atoms with van der Waals surface area (Å²) < 4.78 is 10.6. The molecule has 1 fully saturated rings. The summed E-state index contributed by atoms with van der Waals surface area (Å²) in [5.41, 5.74) is 0.944. The van der Waals surface area contributed by atoms with Gasteiger partial charge in [0.25, 0.3) is 0 Å². The highest BCUT2D eigenvalue weighted by atomic mass is 16.5. The number of furan rings is 1. The summed E-state index contributed by atoms with van der Waals surface area (Å²) in [5.74, 6) is 1.41. The summed E-state index contributed by atoms with van der Waals surface area (Å²) in [6.45, 7) is 2.99. The molecule has 1 atom stereocenters. The van der Waals surface area contributed by atoms with E-state index in [9.17, 15) is 0 Å². The second-order valence-electron chi connectivity index (χ2n) is 5.08. The predicted molar refractivity (Wildman–Crippen MR) is 71.6 cm³/mol. The topological polar surface area (TPSA) is 54.4 Å². The van der Waals surface area contributed by atoms with Crippen LogP contribution in [-0.4, -0.2) is 36.2 Å². The number of hydrogen-bond acceptors (Lipinski definition) is 5. The maximum absolute atomic E-state index is 5.31. The molecule has 3 heterocycles. The van der Waals surface area contributed by atoms with Gasteiger partial charge >= 0.3 is 0 Å². The number of hydrogen-bond donors (Lipinski definition) is 1. The average Bonchev–Trinajstić information content (AvgIpc) is 3.10. The van der Waals surface area contributed by atoms with Crippen LogP contribution in [0.3, 0.4) is 0 Å². The van der Waals surface area contributed by atoms with Crippen LogP contribution in [0.1, 0.15) is 18.5 Å². The Hall–Kier alpha value is -1.59. The van der Waals surface area contributed by atoms with Crippen LogP contribution < -0.4 is 5.32 Å². The minimum absolute atomic E-state index is 0.581. The molecule has 1 N–H and O–H groups in total. The molecule has 0 bridgehead atoms. The molecule has 1 saturated heterocycles. The third kappa shape index (κ3) is 2.88. The predicted octanol–water partition coefficient (Wildman–Crippen LogP) is 2.12. The van der Waals surface area contributed by atoms with Crippen LogP contribution in [0.25, 0.3) is 11.5 Å². The molecular weight excluding hydrogens is 242 g/mol. The minimum Gasteiger partial charge on any atom is -0.461 e. The van der Waals surface area contributed by atoms with E-state index >= 15 is 0 Å². The van der Waals surface area contributed by atoms with E-state index in [1.807, 2.05) is 18.2 Å². The second kappa shape index (κ2) is 5.59. The van der Waals surface area contributed by atoms with Crippen LogP contribution in [0.4, 0.5) is 0 Å². The smallest absolute Gasteiger partial charge is 0.202 e. The van der Waals surface area contributed by atoms with Crippen molar-refractivity contribution in [3.63, 3.8) is 0 Å². The molecule has 1 aliphatic rings. The molecule has 0 aliphatic carbocycles. The maximum atomic E-state index is 5.31. The zero-order valence-corrected chi connectivity index (χ0v) is 11.1. The number of rotatable bonds is 4. The zero-order chi connectivity index (χ0) is 13.1. The molecule has 0 saturated carbocycles. The fourth-order valence-electron chi connectivity index (χ4n) is 2.52. The lowest BCUT2D eigenvalue weighted by Crippen LogP contribution is -2.43. The lowest BCUT2D eigenvalue weighted by atomic mass is 10.1. The zero-order valence-electron chi connectivity index (χ0n) is 11.1. The molecule has 3 rings (SSSR count). The lowest BCUT2D eigenvalue weighted by molar-refractivity contribution is 0.191. The van der Waals surface area contributed by atoms with Gasteiger partial charge in [-0.05, 0) is 38.6 Å². The average molecular weight is 261 g/mol. The van der Waals surface area contributed by atoms with Crippen LogP contribution in [0, 0.1) is 0 Å². The van der Waals surface area contributed by atoms with E-state index in [2.05, 4.69) is 22.4 Å². The van der Waals surface area contributed by atoms with E-state index < -0.39 is 0 Å². The Bertz CT molecular complexity index is 501. The Labute approximate surface area is 112 Å². The second-order valence-corrected chi connectivity index (χ2v) is 5.08. The van der Waals surface area contributed by atoms with Crippen molar-refractivity contribution in [3.8, 4) is 11.5 Å². The summed E-state index contributed by atoms with van der Waals surface area (Å²) in [5, 5.41) is 7.54. The van der Waals surface area contributed by atoms with Gasteiger partial charge in [0.1, 0.15) is 0 Å². The Balaban J connectivity index is 1.63. The molecule has 2 aromatic heterocycles. The van der Waals surface area contributed by atoms with E-state index in [0.717, 1.165) is 31.1 Å². The van der Waals surface area contributed by atoms with E-state index in [1.54, 1.807) is 6.26 Å². The molecule has 19 heavy (non-hydrogen) atoms. The van der Waals surface area contributed by atoms with E-state index in [-0.39, 0.29) is 0 Å². The first kappa shape index (κ1) is 12.4. The van der Waals surface area contributed by atoms with Crippen molar-refractivity contribution in [3.05, 3.63) is 30.2 Å². The third-order valence-electron chi connectivity index (χ3n) is 3.63. The van der Waals surface area contributed by atoms with Gasteiger partial charge in [-0.3, -0.25) is 4.90 Å². The highest BCUT2D eigenvalue weighted by Gasteiger charge is 2.19. The summed E-state index contributed by atoms with van der Waals surface area (Å²) in [6.07, 6.45) is 4.12. The van der Waals surface area contributed by atoms with Crippen molar-refractivity contribution >= 4 is 0 Å². The van der Waals surface area contributed by atoms with Crippen LogP contribution in [-0.2, 0) is 6.54 Å². The molecule has 102 valence electrons.